The van der Waals surface area contributed by atoms with E-state index in [0.29, 0.717) is 5.69 Å². The molecule has 8 heteroatoms. The Morgan fingerprint density at radius 3 is 2.78 bits per heavy atom. The van der Waals surface area contributed by atoms with Gasteiger partial charge in [0.2, 0.25) is 5.91 Å². The number of fused-ring (bicyclic) bond motifs is 1. The van der Waals surface area contributed by atoms with Crippen molar-refractivity contribution in [3.63, 3.8) is 0 Å². The lowest BCUT2D eigenvalue weighted by atomic mass is 10.1. The summed E-state index contributed by atoms with van der Waals surface area (Å²) in [4.78, 5) is 33.7. The highest BCUT2D eigenvalue weighted by atomic mass is 35.5. The van der Waals surface area contributed by atoms with Crippen LogP contribution in [-0.2, 0) is 11.2 Å². The van der Waals surface area contributed by atoms with Crippen LogP contribution in [0, 0.1) is 10.1 Å². The first-order valence-electron chi connectivity index (χ1n) is 6.62. The first kappa shape index (κ1) is 15.0. The molecule has 0 spiro atoms. The molecular weight excluding hydrogens is 322 g/mol. The summed E-state index contributed by atoms with van der Waals surface area (Å²) in [6.07, 6.45) is 0.255. The second kappa shape index (κ2) is 5.69. The minimum Gasteiger partial charge on any atom is -0.326 e. The fourth-order valence-electron chi connectivity index (χ4n) is 2.30. The molecule has 0 aliphatic carbocycles. The van der Waals surface area contributed by atoms with Crippen molar-refractivity contribution >= 4 is 40.5 Å². The van der Waals surface area contributed by atoms with Crippen LogP contribution in [0.4, 0.5) is 17.1 Å². The van der Waals surface area contributed by atoms with Crippen LogP contribution in [0.2, 0.25) is 5.02 Å². The minimum atomic E-state index is -0.647. The highest BCUT2D eigenvalue weighted by Crippen LogP contribution is 2.28. The maximum atomic E-state index is 12.2. The average Bonchev–Trinajstić information content (AvgIpc) is 2.86. The predicted octanol–water partition coefficient (Wildman–Crippen LogP) is 3.00. The van der Waals surface area contributed by atoms with E-state index in [4.69, 9.17) is 11.6 Å². The topological polar surface area (TPSA) is 101 Å². The number of nitrogens with zero attached hydrogens (tertiary/aromatic N) is 1. The van der Waals surface area contributed by atoms with Gasteiger partial charge in [-0.15, -0.1) is 0 Å². The van der Waals surface area contributed by atoms with Crippen molar-refractivity contribution < 1.29 is 14.5 Å². The summed E-state index contributed by atoms with van der Waals surface area (Å²) in [6, 6.07) is 8.86. The Morgan fingerprint density at radius 2 is 2.04 bits per heavy atom. The van der Waals surface area contributed by atoms with Crippen molar-refractivity contribution in [1.82, 2.24) is 0 Å². The Bertz CT molecular complexity index is 851. The van der Waals surface area contributed by atoms with Gasteiger partial charge in [-0.3, -0.25) is 19.7 Å². The molecule has 3 rings (SSSR count). The van der Waals surface area contributed by atoms with E-state index in [1.807, 2.05) is 0 Å². The highest BCUT2D eigenvalue weighted by Gasteiger charge is 2.19. The number of anilines is 2. The van der Waals surface area contributed by atoms with E-state index in [-0.39, 0.29) is 28.6 Å². The Balaban J connectivity index is 1.83. The number of benzene rings is 2. The maximum Gasteiger partial charge on any atom is 0.288 e. The third kappa shape index (κ3) is 3.00. The Labute approximate surface area is 135 Å². The van der Waals surface area contributed by atoms with Gasteiger partial charge < -0.3 is 10.6 Å². The molecule has 0 aromatic heterocycles. The van der Waals surface area contributed by atoms with Crippen LogP contribution in [0.5, 0.6) is 0 Å². The summed E-state index contributed by atoms with van der Waals surface area (Å²) >= 11 is 5.72. The van der Waals surface area contributed by atoms with Crippen molar-refractivity contribution in [2.45, 2.75) is 6.42 Å². The van der Waals surface area contributed by atoms with Crippen molar-refractivity contribution in [1.29, 1.82) is 0 Å². The molecule has 7 nitrogen and oxygen atoms in total. The number of nitro groups is 1. The van der Waals surface area contributed by atoms with E-state index in [1.165, 1.54) is 12.1 Å². The largest absolute Gasteiger partial charge is 0.326 e. The van der Waals surface area contributed by atoms with Crippen LogP contribution < -0.4 is 10.6 Å². The zero-order valence-corrected chi connectivity index (χ0v) is 12.4. The monoisotopic (exact) mass is 331 g/mol. The zero-order valence-electron chi connectivity index (χ0n) is 11.6. The Hall–Kier alpha value is -2.93. The maximum absolute atomic E-state index is 12.2. The van der Waals surface area contributed by atoms with Crippen LogP contribution >= 0.6 is 11.6 Å². The first-order valence-corrected chi connectivity index (χ1v) is 7.00. The lowest BCUT2D eigenvalue weighted by Crippen LogP contribution is -2.12. The molecule has 2 N–H and O–H groups in total. The molecule has 0 fully saturated rings. The molecule has 0 atom stereocenters. The number of hydrogen-bond acceptors (Lipinski definition) is 4. The summed E-state index contributed by atoms with van der Waals surface area (Å²) < 4.78 is 0. The number of halogens is 1. The molecule has 2 aromatic carbocycles. The molecule has 1 aliphatic heterocycles. The molecular formula is C15H10ClN3O4. The molecule has 1 heterocycles. The Kier molecular flexibility index (Phi) is 3.71. The lowest BCUT2D eigenvalue weighted by molar-refractivity contribution is -0.384. The van der Waals surface area contributed by atoms with E-state index in [0.717, 1.165) is 17.3 Å². The van der Waals surface area contributed by atoms with Crippen molar-refractivity contribution in [3.05, 3.63) is 62.7 Å². The van der Waals surface area contributed by atoms with Gasteiger partial charge >= 0.3 is 0 Å². The highest BCUT2D eigenvalue weighted by molar-refractivity contribution is 6.32. The summed E-state index contributed by atoms with van der Waals surface area (Å²) in [5.41, 5.74) is 1.80. The molecule has 0 saturated heterocycles. The number of hydrogen-bond donors (Lipinski definition) is 2. The first-order chi connectivity index (χ1) is 10.9. The van der Waals surface area contributed by atoms with Gasteiger partial charge in [0, 0.05) is 23.0 Å². The number of rotatable bonds is 3. The van der Waals surface area contributed by atoms with E-state index in [9.17, 15) is 19.7 Å². The molecule has 0 unspecified atom stereocenters. The van der Waals surface area contributed by atoms with E-state index < -0.39 is 10.8 Å². The van der Waals surface area contributed by atoms with Crippen molar-refractivity contribution in [2.24, 2.45) is 0 Å². The molecule has 0 saturated carbocycles. The number of amides is 2. The summed E-state index contributed by atoms with van der Waals surface area (Å²) in [5, 5.41) is 16.2. The molecule has 116 valence electrons. The molecule has 0 radical (unpaired) electrons. The lowest BCUT2D eigenvalue weighted by Gasteiger charge is -2.07. The second-order valence-corrected chi connectivity index (χ2v) is 5.38. The van der Waals surface area contributed by atoms with Crippen molar-refractivity contribution in [3.8, 4) is 0 Å². The number of nitro benzene ring substituents is 1. The summed E-state index contributed by atoms with van der Waals surface area (Å²) in [7, 11) is 0. The van der Waals surface area contributed by atoms with Gasteiger partial charge in [-0.1, -0.05) is 11.6 Å². The zero-order chi connectivity index (χ0) is 16.6. The number of nitrogens with one attached hydrogen (secondary N) is 2. The second-order valence-electron chi connectivity index (χ2n) is 4.97. The van der Waals surface area contributed by atoms with Crippen LogP contribution in [0.1, 0.15) is 15.9 Å². The van der Waals surface area contributed by atoms with Gasteiger partial charge in [-0.05, 0) is 35.9 Å². The minimum absolute atomic E-state index is 0.0336. The SMILES string of the molecule is O=C1Cc2cc(NC(=O)c3ccc(Cl)c([N+](=O)[O-])c3)ccc2N1. The molecule has 1 aliphatic rings. The fraction of sp³-hybridized carbons (Fsp3) is 0.0667. The number of carbonyl (C=O) groups is 2. The van der Waals surface area contributed by atoms with Crippen LogP contribution in [0.3, 0.4) is 0 Å². The van der Waals surface area contributed by atoms with E-state index in [1.54, 1.807) is 18.2 Å². The van der Waals surface area contributed by atoms with Crippen molar-refractivity contribution in [2.75, 3.05) is 10.6 Å². The summed E-state index contributed by atoms with van der Waals surface area (Å²) in [6.45, 7) is 0. The van der Waals surface area contributed by atoms with Crippen LogP contribution in [0.25, 0.3) is 0 Å². The average molecular weight is 332 g/mol. The van der Waals surface area contributed by atoms with Crippen LogP contribution in [-0.4, -0.2) is 16.7 Å². The van der Waals surface area contributed by atoms with Gasteiger partial charge in [0.05, 0.1) is 11.3 Å². The number of carbonyl (C=O) groups excluding carboxylic acids is 2. The standard InChI is InChI=1S/C15H10ClN3O4/c16-11-3-1-8(6-13(11)19(22)23)15(21)17-10-2-4-12-9(5-10)7-14(20)18-12/h1-6H,7H2,(H,17,21)(H,18,20). The van der Waals surface area contributed by atoms with E-state index in [2.05, 4.69) is 10.6 Å². The molecule has 2 amide bonds. The quantitative estimate of drug-likeness (QED) is 0.666. The van der Waals surface area contributed by atoms with E-state index >= 15 is 0 Å². The van der Waals surface area contributed by atoms with Gasteiger partial charge in [0.15, 0.2) is 0 Å². The third-order valence-corrected chi connectivity index (χ3v) is 3.71. The Morgan fingerprint density at radius 1 is 1.26 bits per heavy atom. The molecule has 2 aromatic rings. The van der Waals surface area contributed by atoms with Gasteiger partial charge in [-0.2, -0.15) is 0 Å². The van der Waals surface area contributed by atoms with Crippen LogP contribution in [0.15, 0.2) is 36.4 Å². The van der Waals surface area contributed by atoms with Gasteiger partial charge in [0.25, 0.3) is 11.6 Å². The predicted molar refractivity (Wildman–Crippen MR) is 84.8 cm³/mol. The normalized spacial score (nSPS) is 12.5. The fourth-order valence-corrected chi connectivity index (χ4v) is 2.49. The smallest absolute Gasteiger partial charge is 0.288 e. The van der Waals surface area contributed by atoms with Gasteiger partial charge in [-0.25, -0.2) is 0 Å². The molecule has 0 bridgehead atoms. The third-order valence-electron chi connectivity index (χ3n) is 3.39. The summed E-state index contributed by atoms with van der Waals surface area (Å²) in [5.74, 6) is -0.598. The van der Waals surface area contributed by atoms with Gasteiger partial charge in [0.1, 0.15) is 5.02 Å². The molecule has 23 heavy (non-hydrogen) atoms.